The summed E-state index contributed by atoms with van der Waals surface area (Å²) in [4.78, 5) is 26.1. The third-order valence-corrected chi connectivity index (χ3v) is 4.98. The molecule has 1 aliphatic rings. The van der Waals surface area contributed by atoms with E-state index in [4.69, 9.17) is 17.3 Å². The number of anilines is 1. The molecule has 1 atom stereocenters. The average Bonchev–Trinajstić information content (AvgIpc) is 2.60. The van der Waals surface area contributed by atoms with Gasteiger partial charge in [-0.3, -0.25) is 4.79 Å². The molecule has 1 unspecified atom stereocenters. The molecule has 0 saturated carbocycles. The number of rotatable bonds is 3. The van der Waals surface area contributed by atoms with Gasteiger partial charge in [-0.05, 0) is 29.8 Å². The lowest BCUT2D eigenvalue weighted by Crippen LogP contribution is -2.39. The minimum Gasteiger partial charge on any atom is -0.368 e. The van der Waals surface area contributed by atoms with Crippen LogP contribution in [0.5, 0.6) is 0 Å². The highest BCUT2D eigenvalue weighted by Gasteiger charge is 2.27. The lowest BCUT2D eigenvalue weighted by molar-refractivity contribution is -0.127. The van der Waals surface area contributed by atoms with Gasteiger partial charge in [0.2, 0.25) is 11.9 Å². The van der Waals surface area contributed by atoms with Crippen molar-refractivity contribution in [3.05, 3.63) is 47.8 Å². The molecule has 0 bridgehead atoms. The first-order chi connectivity index (χ1) is 11.6. The Morgan fingerprint density at radius 1 is 1.42 bits per heavy atom. The molecule has 0 radical (unpaired) electrons. The van der Waals surface area contributed by atoms with Gasteiger partial charge in [-0.1, -0.05) is 18.2 Å². The van der Waals surface area contributed by atoms with Crippen LogP contribution in [0.3, 0.4) is 0 Å². The Morgan fingerprint density at radius 3 is 3.00 bits per heavy atom. The lowest BCUT2D eigenvalue weighted by Gasteiger charge is -2.35. The third-order valence-electron chi connectivity index (χ3n) is 3.74. The second-order valence-corrected chi connectivity index (χ2v) is 6.85. The Morgan fingerprint density at radius 2 is 2.25 bits per heavy atom. The molecule has 2 heterocycles. The molecule has 1 saturated heterocycles. The average molecular weight is 362 g/mol. The molecule has 124 valence electrons. The number of aromatic nitrogens is 3. The van der Waals surface area contributed by atoms with Gasteiger partial charge < -0.3 is 10.6 Å². The number of hydrogen-bond acceptors (Lipinski definition) is 6. The van der Waals surface area contributed by atoms with E-state index in [9.17, 15) is 4.79 Å². The van der Waals surface area contributed by atoms with Crippen molar-refractivity contribution in [3.63, 3.8) is 0 Å². The fraction of sp³-hybridized carbons (Fsp3) is 0.250. The van der Waals surface area contributed by atoms with Crippen LogP contribution in [-0.2, 0) is 4.79 Å². The first-order valence-corrected chi connectivity index (χ1v) is 8.88. The molecule has 1 aromatic carbocycles. The number of carbonyl (C=O) groups excluding carboxylic acids is 1. The van der Waals surface area contributed by atoms with Gasteiger partial charge in [0.1, 0.15) is 6.33 Å². The Labute approximate surface area is 149 Å². The summed E-state index contributed by atoms with van der Waals surface area (Å²) in [6, 6.07) is 5.52. The number of hydrogen-bond donors (Lipinski definition) is 1. The summed E-state index contributed by atoms with van der Waals surface area (Å²) >= 11 is 8.09. The number of nitrogens with two attached hydrogens (primary N) is 1. The largest absolute Gasteiger partial charge is 0.368 e. The lowest BCUT2D eigenvalue weighted by atomic mass is 10.0. The van der Waals surface area contributed by atoms with E-state index in [0.29, 0.717) is 17.4 Å². The van der Waals surface area contributed by atoms with Crippen molar-refractivity contribution in [3.8, 4) is 11.4 Å². The molecule has 1 aliphatic heterocycles. The van der Waals surface area contributed by atoms with Crippen LogP contribution >= 0.6 is 23.4 Å². The maximum absolute atomic E-state index is 12.2. The van der Waals surface area contributed by atoms with Crippen LogP contribution in [0.1, 0.15) is 11.6 Å². The number of nitrogen functional groups attached to an aromatic ring is 1. The fourth-order valence-corrected chi connectivity index (χ4v) is 3.97. The second kappa shape index (κ2) is 7.19. The highest BCUT2D eigenvalue weighted by molar-refractivity contribution is 7.99. The van der Waals surface area contributed by atoms with Crippen LogP contribution in [0.2, 0.25) is 5.02 Å². The SMILES string of the molecule is C=CC(=O)N1CCSCC1c1cc(Cl)cc(-c2ncnc(N)n2)c1. The Kier molecular flexibility index (Phi) is 5.01. The molecular formula is C16H16ClN5OS. The second-order valence-electron chi connectivity index (χ2n) is 5.27. The molecule has 6 nitrogen and oxygen atoms in total. The molecule has 1 amide bonds. The number of halogens is 1. The maximum atomic E-state index is 12.2. The zero-order valence-corrected chi connectivity index (χ0v) is 14.4. The number of amides is 1. The monoisotopic (exact) mass is 361 g/mol. The summed E-state index contributed by atoms with van der Waals surface area (Å²) in [6.45, 7) is 4.27. The van der Waals surface area contributed by atoms with Crippen LogP contribution in [-0.4, -0.2) is 43.8 Å². The van der Waals surface area contributed by atoms with E-state index < -0.39 is 0 Å². The van der Waals surface area contributed by atoms with E-state index in [1.54, 1.807) is 17.8 Å². The van der Waals surface area contributed by atoms with Crippen molar-refractivity contribution >= 4 is 35.2 Å². The van der Waals surface area contributed by atoms with Gasteiger partial charge >= 0.3 is 0 Å². The first kappa shape index (κ1) is 16.7. The zero-order valence-electron chi connectivity index (χ0n) is 12.9. The van der Waals surface area contributed by atoms with Gasteiger partial charge in [0.25, 0.3) is 0 Å². The maximum Gasteiger partial charge on any atom is 0.246 e. The number of nitrogens with zero attached hydrogens (tertiary/aromatic N) is 4. The predicted molar refractivity (Wildman–Crippen MR) is 96.7 cm³/mol. The van der Waals surface area contributed by atoms with Gasteiger partial charge in [0.15, 0.2) is 5.82 Å². The molecule has 8 heteroatoms. The summed E-state index contributed by atoms with van der Waals surface area (Å²) < 4.78 is 0. The van der Waals surface area contributed by atoms with E-state index in [-0.39, 0.29) is 17.9 Å². The van der Waals surface area contributed by atoms with Crippen LogP contribution in [0.15, 0.2) is 37.2 Å². The van der Waals surface area contributed by atoms with Crippen LogP contribution in [0, 0.1) is 0 Å². The van der Waals surface area contributed by atoms with Crippen molar-refractivity contribution in [2.75, 3.05) is 23.8 Å². The fourth-order valence-electron chi connectivity index (χ4n) is 2.64. The van der Waals surface area contributed by atoms with Gasteiger partial charge in [-0.15, -0.1) is 0 Å². The first-order valence-electron chi connectivity index (χ1n) is 7.34. The summed E-state index contributed by atoms with van der Waals surface area (Å²) in [5, 5.41) is 0.558. The molecule has 1 fully saturated rings. The van der Waals surface area contributed by atoms with Crippen molar-refractivity contribution in [1.82, 2.24) is 19.9 Å². The van der Waals surface area contributed by atoms with Crippen molar-refractivity contribution < 1.29 is 4.79 Å². The van der Waals surface area contributed by atoms with Gasteiger partial charge in [0.05, 0.1) is 6.04 Å². The van der Waals surface area contributed by atoms with Gasteiger partial charge in [-0.2, -0.15) is 16.7 Å². The van der Waals surface area contributed by atoms with Gasteiger partial charge in [-0.25, -0.2) is 9.97 Å². The van der Waals surface area contributed by atoms with Gasteiger partial charge in [0, 0.05) is 28.6 Å². The summed E-state index contributed by atoms with van der Waals surface area (Å²) in [6.07, 6.45) is 2.71. The third kappa shape index (κ3) is 3.52. The molecule has 0 spiro atoms. The Hall–Kier alpha value is -2.12. The molecule has 0 aliphatic carbocycles. The minimum atomic E-state index is -0.0776. The van der Waals surface area contributed by atoms with E-state index >= 15 is 0 Å². The number of carbonyl (C=O) groups is 1. The minimum absolute atomic E-state index is 0.0640. The van der Waals surface area contributed by atoms with Crippen LogP contribution < -0.4 is 5.73 Å². The van der Waals surface area contributed by atoms with Crippen molar-refractivity contribution in [2.45, 2.75) is 6.04 Å². The molecule has 1 aromatic heterocycles. The standard InChI is InChI=1S/C16H16ClN5OS/c1-2-14(23)22-3-4-24-8-13(22)10-5-11(7-12(17)6-10)15-19-9-20-16(18)21-15/h2,5-7,9,13H,1,3-4,8H2,(H2,18,19,20,21). The molecule has 2 aromatic rings. The van der Waals surface area contributed by atoms with Crippen LogP contribution in [0.25, 0.3) is 11.4 Å². The van der Waals surface area contributed by atoms with Crippen molar-refractivity contribution in [1.29, 1.82) is 0 Å². The summed E-state index contributed by atoms with van der Waals surface area (Å²) in [5.74, 6) is 2.24. The summed E-state index contributed by atoms with van der Waals surface area (Å²) in [5.41, 5.74) is 7.32. The van der Waals surface area contributed by atoms with E-state index in [1.165, 1.54) is 12.4 Å². The normalized spacial score (nSPS) is 17.5. The van der Waals surface area contributed by atoms with E-state index in [1.807, 2.05) is 17.0 Å². The Balaban J connectivity index is 2.01. The van der Waals surface area contributed by atoms with E-state index in [2.05, 4.69) is 21.5 Å². The predicted octanol–water partition coefficient (Wildman–Crippen LogP) is 2.58. The number of thioether (sulfide) groups is 1. The highest BCUT2D eigenvalue weighted by atomic mass is 35.5. The smallest absolute Gasteiger partial charge is 0.246 e. The molecule has 2 N–H and O–H groups in total. The molecule has 24 heavy (non-hydrogen) atoms. The zero-order chi connectivity index (χ0) is 17.1. The molecular weight excluding hydrogens is 346 g/mol. The highest BCUT2D eigenvalue weighted by Crippen LogP contribution is 2.33. The van der Waals surface area contributed by atoms with Crippen LogP contribution in [0.4, 0.5) is 5.95 Å². The summed E-state index contributed by atoms with van der Waals surface area (Å²) in [7, 11) is 0. The Bertz CT molecular complexity index is 785. The quantitative estimate of drug-likeness (QED) is 0.846. The van der Waals surface area contributed by atoms with Crippen molar-refractivity contribution in [2.24, 2.45) is 0 Å². The topological polar surface area (TPSA) is 85.0 Å². The van der Waals surface area contributed by atoms with E-state index in [0.717, 1.165) is 22.6 Å². The molecule has 3 rings (SSSR count). The number of benzene rings is 1.